The molecule has 9 heteroatoms. The molecule has 6 nitrogen and oxygen atoms in total. The van der Waals surface area contributed by atoms with Crippen molar-refractivity contribution in [2.24, 2.45) is 5.92 Å². The number of piperazine rings is 1. The lowest BCUT2D eigenvalue weighted by Crippen LogP contribution is -2.48. The summed E-state index contributed by atoms with van der Waals surface area (Å²) in [7, 11) is 0. The van der Waals surface area contributed by atoms with E-state index in [9.17, 15) is 23.1 Å². The van der Waals surface area contributed by atoms with Crippen LogP contribution in [0.5, 0.6) is 5.75 Å². The normalized spacial score (nSPS) is 24.2. The third-order valence-corrected chi connectivity index (χ3v) is 5.03. The molecule has 1 aromatic rings. The van der Waals surface area contributed by atoms with Crippen molar-refractivity contribution in [3.05, 3.63) is 29.8 Å². The first-order valence-corrected chi connectivity index (χ1v) is 9.04. The Morgan fingerprint density at radius 1 is 1.15 bits per heavy atom. The number of carbonyl (C=O) groups is 1. The molecule has 0 aliphatic carbocycles. The molecule has 0 aromatic heterocycles. The van der Waals surface area contributed by atoms with E-state index in [0.29, 0.717) is 52.2 Å². The molecule has 3 rings (SSSR count). The average molecular weight is 387 g/mol. The second-order valence-electron chi connectivity index (χ2n) is 7.04. The second-order valence-corrected chi connectivity index (χ2v) is 7.04. The highest BCUT2D eigenvalue weighted by Gasteiger charge is 2.31. The number of aliphatic hydroxyl groups excluding tert-OH is 1. The SMILES string of the molecule is O=C(C[C@@H]1CNC[C@H]1O)N1CCN(Cc2ccc(OC(F)(F)F)cc2)CC1. The summed E-state index contributed by atoms with van der Waals surface area (Å²) in [5, 5.41) is 12.9. The molecule has 2 N–H and O–H groups in total. The second kappa shape index (κ2) is 8.45. The van der Waals surface area contributed by atoms with Crippen molar-refractivity contribution in [3.8, 4) is 5.75 Å². The van der Waals surface area contributed by atoms with Gasteiger partial charge in [0.1, 0.15) is 5.75 Å². The van der Waals surface area contributed by atoms with E-state index >= 15 is 0 Å². The minimum atomic E-state index is -4.69. The number of rotatable bonds is 5. The predicted octanol–water partition coefficient (Wildman–Crippen LogP) is 1.20. The molecular formula is C18H24F3N3O3. The van der Waals surface area contributed by atoms with Crippen molar-refractivity contribution < 1.29 is 27.8 Å². The van der Waals surface area contributed by atoms with Gasteiger partial charge in [-0.05, 0) is 17.7 Å². The number of β-amino-alcohol motifs (C(OH)–C–C–N with tert-alkyl or cyclic N) is 1. The predicted molar refractivity (Wildman–Crippen MR) is 92.0 cm³/mol. The number of nitrogens with zero attached hydrogens (tertiary/aromatic N) is 2. The van der Waals surface area contributed by atoms with E-state index in [-0.39, 0.29) is 17.6 Å². The van der Waals surface area contributed by atoms with Gasteiger partial charge in [-0.15, -0.1) is 13.2 Å². The minimum absolute atomic E-state index is 0.0204. The number of benzene rings is 1. The van der Waals surface area contributed by atoms with Crippen LogP contribution in [-0.2, 0) is 11.3 Å². The van der Waals surface area contributed by atoms with Gasteiger partial charge in [-0.3, -0.25) is 9.69 Å². The summed E-state index contributed by atoms with van der Waals surface area (Å²) in [5.74, 6) is -0.186. The standard InChI is InChI=1S/C18H24F3N3O3/c19-18(20,21)27-15-3-1-13(2-4-15)12-23-5-7-24(8-6-23)17(26)9-14-10-22-11-16(14)25/h1-4,14,16,22,25H,5-12H2/t14-,16-/m1/s1. The monoisotopic (exact) mass is 387 g/mol. The van der Waals surface area contributed by atoms with Crippen LogP contribution in [0, 0.1) is 5.92 Å². The summed E-state index contributed by atoms with van der Waals surface area (Å²) in [6, 6.07) is 5.85. The fourth-order valence-corrected chi connectivity index (χ4v) is 3.49. The van der Waals surface area contributed by atoms with Crippen LogP contribution in [0.2, 0.25) is 0 Å². The van der Waals surface area contributed by atoms with Gasteiger partial charge < -0.3 is 20.1 Å². The molecule has 2 heterocycles. The van der Waals surface area contributed by atoms with Crippen LogP contribution >= 0.6 is 0 Å². The van der Waals surface area contributed by atoms with Crippen LogP contribution in [0.25, 0.3) is 0 Å². The van der Waals surface area contributed by atoms with Crippen molar-refractivity contribution in [1.82, 2.24) is 15.1 Å². The number of aliphatic hydroxyl groups is 1. The van der Waals surface area contributed by atoms with E-state index in [1.165, 1.54) is 12.1 Å². The Labute approximate surface area is 155 Å². The average Bonchev–Trinajstić information content (AvgIpc) is 3.01. The van der Waals surface area contributed by atoms with Gasteiger partial charge in [-0.1, -0.05) is 12.1 Å². The smallest absolute Gasteiger partial charge is 0.406 e. The summed E-state index contributed by atoms with van der Waals surface area (Å²) < 4.78 is 40.4. The largest absolute Gasteiger partial charge is 0.573 e. The molecule has 27 heavy (non-hydrogen) atoms. The van der Waals surface area contributed by atoms with Crippen LogP contribution in [-0.4, -0.2) is 72.5 Å². The fourth-order valence-electron chi connectivity index (χ4n) is 3.49. The quantitative estimate of drug-likeness (QED) is 0.795. The number of hydrogen-bond acceptors (Lipinski definition) is 5. The first kappa shape index (κ1) is 19.9. The molecule has 2 atom stereocenters. The lowest BCUT2D eigenvalue weighted by atomic mass is 10.0. The van der Waals surface area contributed by atoms with Gasteiger partial charge >= 0.3 is 6.36 Å². The summed E-state index contributed by atoms with van der Waals surface area (Å²) in [5.41, 5.74) is 0.893. The number of alkyl halides is 3. The van der Waals surface area contributed by atoms with Crippen molar-refractivity contribution in [2.75, 3.05) is 39.3 Å². The van der Waals surface area contributed by atoms with E-state index in [4.69, 9.17) is 0 Å². The van der Waals surface area contributed by atoms with E-state index in [2.05, 4.69) is 15.0 Å². The lowest BCUT2D eigenvalue weighted by Gasteiger charge is -2.35. The highest BCUT2D eigenvalue weighted by atomic mass is 19.4. The topological polar surface area (TPSA) is 65.0 Å². The fraction of sp³-hybridized carbons (Fsp3) is 0.611. The summed E-state index contributed by atoms with van der Waals surface area (Å²) in [6.45, 7) is 4.46. The Balaban J connectivity index is 1.43. The highest BCUT2D eigenvalue weighted by Crippen LogP contribution is 2.23. The molecule has 150 valence electrons. The van der Waals surface area contributed by atoms with E-state index in [0.717, 1.165) is 5.56 Å². The van der Waals surface area contributed by atoms with Crippen LogP contribution in [0.1, 0.15) is 12.0 Å². The van der Waals surface area contributed by atoms with Crippen LogP contribution in [0.4, 0.5) is 13.2 Å². The maximum Gasteiger partial charge on any atom is 0.573 e. The Morgan fingerprint density at radius 3 is 2.37 bits per heavy atom. The number of nitrogens with one attached hydrogen (secondary N) is 1. The Bertz CT molecular complexity index is 631. The van der Waals surface area contributed by atoms with E-state index in [1.807, 2.05) is 4.90 Å². The van der Waals surface area contributed by atoms with Crippen molar-refractivity contribution in [3.63, 3.8) is 0 Å². The highest BCUT2D eigenvalue weighted by molar-refractivity contribution is 5.76. The van der Waals surface area contributed by atoms with Crippen molar-refractivity contribution in [2.45, 2.75) is 25.4 Å². The molecule has 2 aliphatic heterocycles. The summed E-state index contributed by atoms with van der Waals surface area (Å²) in [4.78, 5) is 16.4. The van der Waals surface area contributed by atoms with E-state index in [1.54, 1.807) is 12.1 Å². The van der Waals surface area contributed by atoms with Gasteiger partial charge in [0.05, 0.1) is 6.10 Å². The number of hydrogen-bond donors (Lipinski definition) is 2. The zero-order chi connectivity index (χ0) is 19.4. The van der Waals surface area contributed by atoms with Crippen LogP contribution < -0.4 is 10.1 Å². The molecular weight excluding hydrogens is 363 g/mol. The lowest BCUT2D eigenvalue weighted by molar-refractivity contribution is -0.274. The molecule has 0 spiro atoms. The summed E-state index contributed by atoms with van der Waals surface area (Å²) >= 11 is 0. The number of ether oxygens (including phenoxy) is 1. The Hall–Kier alpha value is -1.84. The first-order valence-electron chi connectivity index (χ1n) is 9.04. The van der Waals surface area contributed by atoms with Crippen molar-refractivity contribution in [1.29, 1.82) is 0 Å². The molecule has 2 saturated heterocycles. The first-order chi connectivity index (χ1) is 12.8. The van der Waals surface area contributed by atoms with E-state index < -0.39 is 12.5 Å². The zero-order valence-electron chi connectivity index (χ0n) is 14.9. The van der Waals surface area contributed by atoms with Crippen LogP contribution in [0.3, 0.4) is 0 Å². The molecule has 1 aromatic carbocycles. The minimum Gasteiger partial charge on any atom is -0.406 e. The van der Waals surface area contributed by atoms with Gasteiger partial charge in [0.25, 0.3) is 0 Å². The molecule has 0 saturated carbocycles. The van der Waals surface area contributed by atoms with Gasteiger partial charge in [-0.25, -0.2) is 0 Å². The zero-order valence-corrected chi connectivity index (χ0v) is 14.9. The molecule has 2 fully saturated rings. The molecule has 0 unspecified atom stereocenters. The van der Waals surface area contributed by atoms with Gasteiger partial charge in [0, 0.05) is 58.2 Å². The van der Waals surface area contributed by atoms with Crippen LogP contribution in [0.15, 0.2) is 24.3 Å². The Morgan fingerprint density at radius 2 is 1.81 bits per heavy atom. The van der Waals surface area contributed by atoms with Gasteiger partial charge in [0.2, 0.25) is 5.91 Å². The Kier molecular flexibility index (Phi) is 6.23. The molecule has 0 radical (unpaired) electrons. The van der Waals surface area contributed by atoms with Crippen molar-refractivity contribution >= 4 is 5.91 Å². The maximum atomic E-state index is 12.4. The molecule has 2 aliphatic rings. The third-order valence-electron chi connectivity index (χ3n) is 5.03. The number of halogens is 3. The van der Waals surface area contributed by atoms with Gasteiger partial charge in [-0.2, -0.15) is 0 Å². The third kappa shape index (κ3) is 5.82. The number of amides is 1. The molecule has 0 bridgehead atoms. The van der Waals surface area contributed by atoms with Gasteiger partial charge in [0.15, 0.2) is 0 Å². The maximum absolute atomic E-state index is 12.4. The molecule has 1 amide bonds. The summed E-state index contributed by atoms with van der Waals surface area (Å²) in [6.07, 6.45) is -4.79. The number of carbonyl (C=O) groups excluding carboxylic acids is 1.